The third kappa shape index (κ3) is 3.72. The second kappa shape index (κ2) is 7.00. The molecule has 4 rings (SSSR count). The molecule has 1 saturated heterocycles. The van der Waals surface area contributed by atoms with E-state index >= 15 is 0 Å². The lowest BCUT2D eigenvalue weighted by molar-refractivity contribution is -0.134. The van der Waals surface area contributed by atoms with E-state index in [1.54, 1.807) is 37.4 Å². The van der Waals surface area contributed by atoms with Crippen molar-refractivity contribution >= 4 is 23.4 Å². The number of nitrogens with zero attached hydrogens (tertiary/aromatic N) is 2. The minimum Gasteiger partial charge on any atom is -0.341 e. The first-order chi connectivity index (χ1) is 13.0. The van der Waals surface area contributed by atoms with Crippen molar-refractivity contribution in [3.63, 3.8) is 0 Å². The summed E-state index contributed by atoms with van der Waals surface area (Å²) in [6.07, 6.45) is 6.41. The van der Waals surface area contributed by atoms with Gasteiger partial charge in [0.2, 0.25) is 5.91 Å². The minimum atomic E-state index is -0.558. The highest BCUT2D eigenvalue weighted by Gasteiger charge is 2.45. The fourth-order valence-corrected chi connectivity index (χ4v) is 3.99. The summed E-state index contributed by atoms with van der Waals surface area (Å²) in [6, 6.07) is 6.28. The van der Waals surface area contributed by atoms with E-state index < -0.39 is 6.04 Å². The lowest BCUT2D eigenvalue weighted by Gasteiger charge is -2.33. The molecule has 6 nitrogen and oxygen atoms in total. The fourth-order valence-electron chi connectivity index (χ4n) is 3.77. The summed E-state index contributed by atoms with van der Waals surface area (Å²) < 4.78 is 0. The molecule has 1 saturated carbocycles. The smallest absolute Gasteiger partial charge is 0.251 e. The van der Waals surface area contributed by atoms with Crippen LogP contribution in [0.1, 0.15) is 43.0 Å². The van der Waals surface area contributed by atoms with Crippen molar-refractivity contribution in [2.75, 3.05) is 13.1 Å². The molecule has 1 atom stereocenters. The number of carbonyl (C=O) groups is 2. The number of piperidine rings is 1. The van der Waals surface area contributed by atoms with Gasteiger partial charge in [0.25, 0.3) is 5.91 Å². The maximum Gasteiger partial charge on any atom is 0.251 e. The number of H-pyrrole nitrogens is 1. The quantitative estimate of drug-likeness (QED) is 0.846. The van der Waals surface area contributed by atoms with Gasteiger partial charge in [0.05, 0.1) is 5.69 Å². The Labute approximate surface area is 163 Å². The van der Waals surface area contributed by atoms with Gasteiger partial charge in [0.15, 0.2) is 0 Å². The molecule has 2 N–H and O–H groups in total. The van der Waals surface area contributed by atoms with Crippen LogP contribution in [0.25, 0.3) is 11.3 Å². The molecule has 1 aromatic heterocycles. The Hall–Kier alpha value is -2.34. The second-order valence-electron chi connectivity index (χ2n) is 7.69. The summed E-state index contributed by atoms with van der Waals surface area (Å²) in [5.41, 5.74) is 2.42. The Kier molecular flexibility index (Phi) is 4.68. The summed E-state index contributed by atoms with van der Waals surface area (Å²) in [5, 5.41) is 10.1. The van der Waals surface area contributed by atoms with Gasteiger partial charge in [-0.15, -0.1) is 0 Å². The molecule has 1 spiro atoms. The van der Waals surface area contributed by atoms with Gasteiger partial charge in [-0.25, -0.2) is 0 Å². The molecule has 0 radical (unpaired) electrons. The third-order valence-corrected chi connectivity index (χ3v) is 6.16. The molecular formula is C20H23ClN4O2. The van der Waals surface area contributed by atoms with Crippen LogP contribution in [0.4, 0.5) is 0 Å². The number of nitrogens with one attached hydrogen (secondary N) is 2. The van der Waals surface area contributed by atoms with Crippen molar-refractivity contribution in [1.29, 1.82) is 0 Å². The number of hydrogen-bond donors (Lipinski definition) is 2. The van der Waals surface area contributed by atoms with Gasteiger partial charge in [-0.1, -0.05) is 11.6 Å². The minimum absolute atomic E-state index is 0.0124. The average molecular weight is 387 g/mol. The van der Waals surface area contributed by atoms with E-state index in [-0.39, 0.29) is 11.8 Å². The zero-order chi connectivity index (χ0) is 19.0. The van der Waals surface area contributed by atoms with Gasteiger partial charge in [0.1, 0.15) is 6.04 Å². The molecule has 2 fully saturated rings. The van der Waals surface area contributed by atoms with E-state index in [0.29, 0.717) is 21.6 Å². The van der Waals surface area contributed by atoms with Gasteiger partial charge in [-0.3, -0.25) is 14.7 Å². The lowest BCUT2D eigenvalue weighted by Crippen LogP contribution is -2.49. The number of hydrogen-bond acceptors (Lipinski definition) is 3. The van der Waals surface area contributed by atoms with E-state index in [1.807, 2.05) is 4.90 Å². The SMILES string of the molecule is C[C@H](NC(=O)c1ccc(Cl)c(-c2ccn[nH]2)c1)C(=O)N1CCC2(CC1)CC2. The molecule has 2 aromatic rings. The summed E-state index contributed by atoms with van der Waals surface area (Å²) in [4.78, 5) is 27.2. The summed E-state index contributed by atoms with van der Waals surface area (Å²) in [6.45, 7) is 3.33. The van der Waals surface area contributed by atoms with Crippen molar-refractivity contribution in [2.24, 2.45) is 5.41 Å². The van der Waals surface area contributed by atoms with Crippen molar-refractivity contribution in [3.8, 4) is 11.3 Å². The number of carbonyl (C=O) groups excluding carboxylic acids is 2. The monoisotopic (exact) mass is 386 g/mol. The van der Waals surface area contributed by atoms with Crippen molar-refractivity contribution in [2.45, 2.75) is 38.6 Å². The summed E-state index contributed by atoms with van der Waals surface area (Å²) >= 11 is 6.24. The van der Waals surface area contributed by atoms with Gasteiger partial charge in [-0.05, 0) is 62.3 Å². The van der Waals surface area contributed by atoms with Gasteiger partial charge in [0, 0.05) is 35.4 Å². The molecule has 2 amide bonds. The highest BCUT2D eigenvalue weighted by molar-refractivity contribution is 6.33. The van der Waals surface area contributed by atoms with Crippen molar-refractivity contribution < 1.29 is 9.59 Å². The zero-order valence-corrected chi connectivity index (χ0v) is 16.1. The van der Waals surface area contributed by atoms with Gasteiger partial charge >= 0.3 is 0 Å². The second-order valence-corrected chi connectivity index (χ2v) is 8.09. The predicted octanol–water partition coefficient (Wildman–Crippen LogP) is 3.25. The molecule has 1 aliphatic carbocycles. The largest absolute Gasteiger partial charge is 0.341 e. The maximum absolute atomic E-state index is 12.7. The number of benzene rings is 1. The molecule has 2 aliphatic rings. The Morgan fingerprint density at radius 3 is 2.59 bits per heavy atom. The van der Waals surface area contributed by atoms with E-state index in [4.69, 9.17) is 11.6 Å². The highest BCUT2D eigenvalue weighted by atomic mass is 35.5. The third-order valence-electron chi connectivity index (χ3n) is 5.83. The van der Waals surface area contributed by atoms with E-state index in [9.17, 15) is 9.59 Å². The van der Waals surface area contributed by atoms with Gasteiger partial charge < -0.3 is 10.2 Å². The number of aromatic amines is 1. The van der Waals surface area contributed by atoms with Crippen LogP contribution < -0.4 is 5.32 Å². The number of amides is 2. The standard InChI is InChI=1S/C20H23ClN4O2/c1-13(19(27)25-10-7-20(5-6-20)8-11-25)23-18(26)14-2-3-16(21)15(12-14)17-4-9-22-24-17/h2-4,9,12-13H,5-8,10-11H2,1H3,(H,22,24)(H,23,26)/t13-/m0/s1. The molecular weight excluding hydrogens is 364 g/mol. The van der Waals surface area contributed by atoms with Crippen LogP contribution >= 0.6 is 11.6 Å². The molecule has 0 unspecified atom stereocenters. The number of rotatable bonds is 4. The first-order valence-corrected chi connectivity index (χ1v) is 9.74. The van der Waals surface area contributed by atoms with E-state index in [1.165, 1.54) is 12.8 Å². The Balaban J connectivity index is 1.41. The topological polar surface area (TPSA) is 78.1 Å². The first kappa shape index (κ1) is 18.0. The van der Waals surface area contributed by atoms with Crippen molar-refractivity contribution in [3.05, 3.63) is 41.0 Å². The number of likely N-dealkylation sites (tertiary alicyclic amines) is 1. The Bertz CT molecular complexity index is 851. The molecule has 1 aromatic carbocycles. The molecule has 142 valence electrons. The van der Waals surface area contributed by atoms with Gasteiger partial charge in [-0.2, -0.15) is 5.10 Å². The number of halogens is 1. The number of aromatic nitrogens is 2. The van der Waals surface area contributed by atoms with Crippen LogP contribution in [0.3, 0.4) is 0 Å². The average Bonchev–Trinajstić information content (AvgIpc) is 3.19. The molecule has 0 bridgehead atoms. The molecule has 2 heterocycles. The summed E-state index contributed by atoms with van der Waals surface area (Å²) in [7, 11) is 0. The van der Waals surface area contributed by atoms with Crippen LogP contribution in [0.5, 0.6) is 0 Å². The van der Waals surface area contributed by atoms with Crippen LogP contribution in [-0.2, 0) is 4.79 Å². The molecule has 7 heteroatoms. The zero-order valence-electron chi connectivity index (χ0n) is 15.3. The summed E-state index contributed by atoms with van der Waals surface area (Å²) in [5.74, 6) is -0.300. The van der Waals surface area contributed by atoms with E-state index in [0.717, 1.165) is 31.6 Å². The normalized spacial score (nSPS) is 19.0. The highest BCUT2D eigenvalue weighted by Crippen LogP contribution is 2.53. The first-order valence-electron chi connectivity index (χ1n) is 9.36. The van der Waals surface area contributed by atoms with Crippen LogP contribution in [0.15, 0.2) is 30.5 Å². The van der Waals surface area contributed by atoms with Crippen LogP contribution in [0, 0.1) is 5.41 Å². The van der Waals surface area contributed by atoms with Crippen LogP contribution in [0.2, 0.25) is 5.02 Å². The molecule has 1 aliphatic heterocycles. The fraction of sp³-hybridized carbons (Fsp3) is 0.450. The van der Waals surface area contributed by atoms with Crippen molar-refractivity contribution in [1.82, 2.24) is 20.4 Å². The maximum atomic E-state index is 12.7. The predicted molar refractivity (Wildman–Crippen MR) is 103 cm³/mol. The Morgan fingerprint density at radius 1 is 1.22 bits per heavy atom. The van der Waals surface area contributed by atoms with E-state index in [2.05, 4.69) is 15.5 Å². The van der Waals surface area contributed by atoms with Crippen LogP contribution in [-0.4, -0.2) is 46.0 Å². The lowest BCUT2D eigenvalue weighted by atomic mass is 9.93. The molecule has 27 heavy (non-hydrogen) atoms. The Morgan fingerprint density at radius 2 is 1.96 bits per heavy atom.